The van der Waals surface area contributed by atoms with Crippen molar-refractivity contribution in [3.8, 4) is 5.88 Å². The van der Waals surface area contributed by atoms with E-state index in [4.69, 9.17) is 4.74 Å². The van der Waals surface area contributed by atoms with Crippen LogP contribution in [0.4, 0.5) is 16.2 Å². The van der Waals surface area contributed by atoms with Gasteiger partial charge in [0.2, 0.25) is 11.8 Å². The second-order valence-electron chi connectivity index (χ2n) is 6.25. The van der Waals surface area contributed by atoms with Crippen molar-refractivity contribution in [1.82, 2.24) is 9.88 Å². The molecule has 0 atom stereocenters. The Bertz CT molecular complexity index is 837. The van der Waals surface area contributed by atoms with E-state index >= 15 is 0 Å². The molecule has 1 fully saturated rings. The largest absolute Gasteiger partial charge is 0.481 e. The molecule has 0 spiro atoms. The molecule has 26 heavy (non-hydrogen) atoms. The number of aryl methyl sites for hydroxylation is 2. The van der Waals surface area contributed by atoms with Crippen LogP contribution in [0.2, 0.25) is 0 Å². The molecule has 0 unspecified atom stereocenters. The van der Waals surface area contributed by atoms with Gasteiger partial charge in [-0.2, -0.15) is 0 Å². The second kappa shape index (κ2) is 7.43. The highest BCUT2D eigenvalue weighted by Crippen LogP contribution is 2.21. The summed E-state index contributed by atoms with van der Waals surface area (Å²) in [5.74, 6) is 0.310. The van der Waals surface area contributed by atoms with E-state index in [1.165, 1.54) is 17.6 Å². The Kier molecular flexibility index (Phi) is 5.06. The number of urea groups is 1. The number of aromatic nitrogens is 1. The topological polar surface area (TPSA) is 74.8 Å². The van der Waals surface area contributed by atoms with Crippen LogP contribution in [0, 0.1) is 13.8 Å². The highest BCUT2D eigenvalue weighted by atomic mass is 16.5. The van der Waals surface area contributed by atoms with Crippen molar-refractivity contribution >= 4 is 23.3 Å². The van der Waals surface area contributed by atoms with Gasteiger partial charge in [-0.25, -0.2) is 9.78 Å². The van der Waals surface area contributed by atoms with Crippen molar-refractivity contribution < 1.29 is 14.3 Å². The van der Waals surface area contributed by atoms with Gasteiger partial charge in [0.05, 0.1) is 12.8 Å². The average Bonchev–Trinajstić information content (AvgIpc) is 2.64. The first kappa shape index (κ1) is 17.7. The van der Waals surface area contributed by atoms with Crippen LogP contribution < -0.4 is 15.0 Å². The third kappa shape index (κ3) is 3.77. The number of carbonyl (C=O) groups is 2. The smallest absolute Gasteiger partial charge is 0.322 e. The minimum Gasteiger partial charge on any atom is -0.481 e. The number of piperazine rings is 1. The lowest BCUT2D eigenvalue weighted by atomic mass is 10.1. The Morgan fingerprint density at radius 2 is 1.96 bits per heavy atom. The zero-order valence-electron chi connectivity index (χ0n) is 15.2. The van der Waals surface area contributed by atoms with Crippen LogP contribution in [-0.2, 0) is 4.79 Å². The Labute approximate surface area is 152 Å². The third-order valence-corrected chi connectivity index (χ3v) is 4.51. The molecule has 1 N–H and O–H groups in total. The van der Waals surface area contributed by atoms with Crippen LogP contribution in [0.5, 0.6) is 5.88 Å². The van der Waals surface area contributed by atoms with E-state index in [9.17, 15) is 9.59 Å². The number of nitrogens with one attached hydrogen (secondary N) is 1. The average molecular weight is 354 g/mol. The van der Waals surface area contributed by atoms with Crippen molar-refractivity contribution in [2.45, 2.75) is 13.8 Å². The number of carbonyl (C=O) groups excluding carboxylic acids is 2. The van der Waals surface area contributed by atoms with E-state index in [1.807, 2.05) is 32.0 Å². The molecule has 0 bridgehead atoms. The number of ether oxygens (including phenoxy) is 1. The monoisotopic (exact) mass is 354 g/mol. The summed E-state index contributed by atoms with van der Waals surface area (Å²) in [7, 11) is 1.53. The molecule has 1 saturated heterocycles. The van der Waals surface area contributed by atoms with E-state index in [-0.39, 0.29) is 18.5 Å². The number of anilines is 2. The van der Waals surface area contributed by atoms with Gasteiger partial charge in [0.25, 0.3) is 0 Å². The zero-order valence-corrected chi connectivity index (χ0v) is 15.2. The second-order valence-corrected chi connectivity index (χ2v) is 6.25. The van der Waals surface area contributed by atoms with Gasteiger partial charge in [0, 0.05) is 31.0 Å². The molecule has 2 aromatic rings. The van der Waals surface area contributed by atoms with Crippen molar-refractivity contribution in [3.63, 3.8) is 0 Å². The Morgan fingerprint density at radius 1 is 1.15 bits per heavy atom. The first-order valence-corrected chi connectivity index (χ1v) is 8.41. The molecule has 1 aromatic heterocycles. The van der Waals surface area contributed by atoms with Crippen LogP contribution >= 0.6 is 0 Å². The van der Waals surface area contributed by atoms with Crippen LogP contribution in [-0.4, -0.2) is 48.6 Å². The lowest BCUT2D eigenvalue weighted by molar-refractivity contribution is -0.120. The van der Waals surface area contributed by atoms with Gasteiger partial charge in [0.1, 0.15) is 6.54 Å². The SMILES string of the molecule is COc1cc(N2CCN(C(=O)Nc3ccc(C)c(C)c3)CC2=O)ccn1. The standard InChI is InChI=1S/C19H22N4O3/c1-13-4-5-15(10-14(13)2)21-19(25)22-8-9-23(18(24)12-22)16-6-7-20-17(11-16)26-3/h4-7,10-11H,8-9,12H2,1-3H3,(H,21,25). The minimum atomic E-state index is -0.270. The quantitative estimate of drug-likeness (QED) is 0.919. The lowest BCUT2D eigenvalue weighted by Crippen LogP contribution is -2.53. The summed E-state index contributed by atoms with van der Waals surface area (Å²) in [6, 6.07) is 8.95. The molecule has 1 aliphatic heterocycles. The van der Waals surface area contributed by atoms with Crippen molar-refractivity contribution in [1.29, 1.82) is 0 Å². The maximum atomic E-state index is 12.5. The molecular weight excluding hydrogens is 332 g/mol. The summed E-state index contributed by atoms with van der Waals surface area (Å²) < 4.78 is 5.10. The third-order valence-electron chi connectivity index (χ3n) is 4.51. The zero-order chi connectivity index (χ0) is 18.7. The molecule has 136 valence electrons. The fourth-order valence-electron chi connectivity index (χ4n) is 2.82. The van der Waals surface area contributed by atoms with Gasteiger partial charge < -0.3 is 19.9 Å². The predicted octanol–water partition coefficient (Wildman–Crippen LogP) is 2.59. The van der Waals surface area contributed by atoms with Gasteiger partial charge in [-0.15, -0.1) is 0 Å². The number of benzene rings is 1. The van der Waals surface area contributed by atoms with E-state index < -0.39 is 0 Å². The van der Waals surface area contributed by atoms with E-state index in [0.717, 1.165) is 16.9 Å². The van der Waals surface area contributed by atoms with E-state index in [0.29, 0.717) is 19.0 Å². The van der Waals surface area contributed by atoms with Crippen molar-refractivity contribution in [2.75, 3.05) is 37.0 Å². The molecule has 2 heterocycles. The summed E-state index contributed by atoms with van der Waals surface area (Å²) in [5.41, 5.74) is 3.72. The fraction of sp³-hybridized carbons (Fsp3) is 0.316. The molecular formula is C19H22N4O3. The highest BCUT2D eigenvalue weighted by molar-refractivity contribution is 5.99. The summed E-state index contributed by atoms with van der Waals surface area (Å²) >= 11 is 0. The first-order valence-electron chi connectivity index (χ1n) is 8.41. The molecule has 0 aliphatic carbocycles. The fourth-order valence-corrected chi connectivity index (χ4v) is 2.82. The van der Waals surface area contributed by atoms with Crippen LogP contribution in [0.3, 0.4) is 0 Å². The number of hydrogen-bond donors (Lipinski definition) is 1. The Balaban J connectivity index is 1.65. The number of hydrogen-bond acceptors (Lipinski definition) is 4. The number of rotatable bonds is 3. The minimum absolute atomic E-state index is 0.0291. The maximum absolute atomic E-state index is 12.5. The summed E-state index contributed by atoms with van der Waals surface area (Å²) in [4.78, 5) is 32.2. The van der Waals surface area contributed by atoms with Gasteiger partial charge in [-0.1, -0.05) is 6.07 Å². The summed E-state index contributed by atoms with van der Waals surface area (Å²) in [5, 5.41) is 2.86. The van der Waals surface area contributed by atoms with Crippen LogP contribution in [0.25, 0.3) is 0 Å². The maximum Gasteiger partial charge on any atom is 0.322 e. The van der Waals surface area contributed by atoms with Gasteiger partial charge in [-0.05, 0) is 43.2 Å². The Hall–Kier alpha value is -3.09. The number of nitrogens with zero attached hydrogens (tertiary/aromatic N) is 3. The van der Waals surface area contributed by atoms with Gasteiger partial charge in [-0.3, -0.25) is 4.79 Å². The predicted molar refractivity (Wildman–Crippen MR) is 99.6 cm³/mol. The lowest BCUT2D eigenvalue weighted by Gasteiger charge is -2.34. The van der Waals surface area contributed by atoms with Gasteiger partial charge in [0.15, 0.2) is 0 Å². The number of methoxy groups -OCH3 is 1. The van der Waals surface area contributed by atoms with E-state index in [2.05, 4.69) is 10.3 Å². The van der Waals surface area contributed by atoms with E-state index in [1.54, 1.807) is 23.2 Å². The molecule has 0 radical (unpaired) electrons. The van der Waals surface area contributed by atoms with Crippen LogP contribution in [0.15, 0.2) is 36.5 Å². The molecule has 3 amide bonds. The van der Waals surface area contributed by atoms with Crippen LogP contribution in [0.1, 0.15) is 11.1 Å². The van der Waals surface area contributed by atoms with Crippen molar-refractivity contribution in [3.05, 3.63) is 47.7 Å². The molecule has 1 aromatic carbocycles. The van der Waals surface area contributed by atoms with Crippen molar-refractivity contribution in [2.24, 2.45) is 0 Å². The van der Waals surface area contributed by atoms with Gasteiger partial charge >= 0.3 is 6.03 Å². The molecule has 1 aliphatic rings. The summed E-state index contributed by atoms with van der Waals surface area (Å²) in [6.45, 7) is 4.92. The normalized spacial score (nSPS) is 14.3. The highest BCUT2D eigenvalue weighted by Gasteiger charge is 2.28. The summed E-state index contributed by atoms with van der Waals surface area (Å²) in [6.07, 6.45) is 1.60. The first-order chi connectivity index (χ1) is 12.5. The number of amides is 3. The number of pyridine rings is 1. The Morgan fingerprint density at radius 3 is 2.65 bits per heavy atom. The molecule has 0 saturated carbocycles. The molecule has 3 rings (SSSR count). The molecule has 7 nitrogen and oxygen atoms in total. The molecule has 7 heteroatoms.